The predicted octanol–water partition coefficient (Wildman–Crippen LogP) is 6.18. The fourth-order valence-electron chi connectivity index (χ4n) is 6.17. The van der Waals surface area contributed by atoms with Crippen LogP contribution in [-0.4, -0.2) is 25.0 Å². The molecule has 5 rings (SSSR count). The molecule has 2 aliphatic heterocycles. The molecule has 1 N–H and O–H groups in total. The monoisotopic (exact) mass is 456 g/mol. The van der Waals surface area contributed by atoms with Gasteiger partial charge in [0.05, 0.1) is 5.92 Å². The second-order valence-corrected chi connectivity index (χ2v) is 9.69. The SMILES string of the molecule is CCCC[C@H]1N(C(=O)C(c2ccccc2)c2ccccc2)c2ccc(F)cc2C12CCNCC2. The van der Waals surface area contributed by atoms with Crippen LogP contribution in [0.3, 0.4) is 0 Å². The third kappa shape index (κ3) is 3.94. The second kappa shape index (κ2) is 9.71. The molecule has 3 nitrogen and oxygen atoms in total. The van der Waals surface area contributed by atoms with Crippen LogP contribution in [0.4, 0.5) is 10.1 Å². The van der Waals surface area contributed by atoms with Crippen molar-refractivity contribution in [1.82, 2.24) is 5.32 Å². The zero-order valence-electron chi connectivity index (χ0n) is 19.8. The van der Waals surface area contributed by atoms with Gasteiger partial charge in [-0.3, -0.25) is 4.79 Å². The molecule has 34 heavy (non-hydrogen) atoms. The molecule has 2 aliphatic rings. The van der Waals surface area contributed by atoms with Gasteiger partial charge in [-0.2, -0.15) is 0 Å². The fourth-order valence-corrected chi connectivity index (χ4v) is 6.17. The first kappa shape index (κ1) is 22.8. The summed E-state index contributed by atoms with van der Waals surface area (Å²) in [5.41, 5.74) is 3.69. The largest absolute Gasteiger partial charge is 0.317 e. The number of nitrogens with zero attached hydrogens (tertiary/aromatic N) is 1. The average molecular weight is 457 g/mol. The maximum atomic E-state index is 14.6. The smallest absolute Gasteiger partial charge is 0.239 e. The van der Waals surface area contributed by atoms with Gasteiger partial charge in [0, 0.05) is 17.1 Å². The highest BCUT2D eigenvalue weighted by Gasteiger charge is 2.53. The Morgan fingerprint density at radius 1 is 1.00 bits per heavy atom. The number of anilines is 1. The van der Waals surface area contributed by atoms with Gasteiger partial charge in [-0.25, -0.2) is 4.39 Å². The molecule has 3 aromatic carbocycles. The van der Waals surface area contributed by atoms with Crippen LogP contribution >= 0.6 is 0 Å². The zero-order valence-corrected chi connectivity index (χ0v) is 19.8. The van der Waals surface area contributed by atoms with Gasteiger partial charge in [0.2, 0.25) is 5.91 Å². The molecule has 0 bridgehead atoms. The molecule has 1 spiro atoms. The number of hydrogen-bond acceptors (Lipinski definition) is 2. The topological polar surface area (TPSA) is 32.3 Å². The Morgan fingerprint density at radius 2 is 1.62 bits per heavy atom. The van der Waals surface area contributed by atoms with Crippen molar-refractivity contribution in [3.05, 3.63) is 101 Å². The standard InChI is InChI=1S/C30H33FN2O/c1-2-3-14-27-30(17-19-32-20-18-30)25-21-24(31)15-16-26(25)33(27)29(34)28(22-10-6-4-7-11-22)23-12-8-5-9-13-23/h4-13,15-16,21,27-28,32H,2-3,14,17-20H2,1H3/t27-/m1/s1. The van der Waals surface area contributed by atoms with E-state index in [9.17, 15) is 9.18 Å². The van der Waals surface area contributed by atoms with Crippen molar-refractivity contribution in [3.63, 3.8) is 0 Å². The van der Waals surface area contributed by atoms with Crippen molar-refractivity contribution in [1.29, 1.82) is 0 Å². The summed E-state index contributed by atoms with van der Waals surface area (Å²) in [7, 11) is 0. The minimum Gasteiger partial charge on any atom is -0.317 e. The molecule has 1 saturated heterocycles. The van der Waals surface area contributed by atoms with Gasteiger partial charge < -0.3 is 10.2 Å². The molecule has 0 saturated carbocycles. The highest BCUT2D eigenvalue weighted by atomic mass is 19.1. The van der Waals surface area contributed by atoms with Crippen molar-refractivity contribution in [3.8, 4) is 0 Å². The zero-order chi connectivity index (χ0) is 23.5. The lowest BCUT2D eigenvalue weighted by atomic mass is 9.68. The number of rotatable bonds is 6. The number of piperidine rings is 1. The lowest BCUT2D eigenvalue weighted by molar-refractivity contribution is -0.119. The first-order chi connectivity index (χ1) is 16.7. The molecule has 0 unspecified atom stereocenters. The summed E-state index contributed by atoms with van der Waals surface area (Å²) >= 11 is 0. The Labute approximate surface area is 202 Å². The van der Waals surface area contributed by atoms with E-state index < -0.39 is 5.92 Å². The second-order valence-electron chi connectivity index (χ2n) is 9.69. The Bertz CT molecular complexity index is 1090. The van der Waals surface area contributed by atoms with Crippen LogP contribution in [0.2, 0.25) is 0 Å². The molecule has 1 fully saturated rings. The lowest BCUT2D eigenvalue weighted by Gasteiger charge is -2.42. The molecule has 0 aromatic heterocycles. The van der Waals surface area contributed by atoms with Gasteiger partial charge in [-0.1, -0.05) is 80.4 Å². The van der Waals surface area contributed by atoms with E-state index in [1.807, 2.05) is 66.7 Å². The van der Waals surface area contributed by atoms with Crippen molar-refractivity contribution in [2.45, 2.75) is 56.4 Å². The number of benzene rings is 3. The molecule has 2 heterocycles. The van der Waals surface area contributed by atoms with Crippen molar-refractivity contribution in [2.24, 2.45) is 0 Å². The van der Waals surface area contributed by atoms with Gasteiger partial charge in [0.1, 0.15) is 5.82 Å². The van der Waals surface area contributed by atoms with Gasteiger partial charge in [-0.15, -0.1) is 0 Å². The van der Waals surface area contributed by atoms with E-state index in [1.54, 1.807) is 6.07 Å². The van der Waals surface area contributed by atoms with Crippen LogP contribution in [0.25, 0.3) is 0 Å². The van der Waals surface area contributed by atoms with Crippen molar-refractivity contribution >= 4 is 11.6 Å². The van der Waals surface area contributed by atoms with Crippen LogP contribution in [-0.2, 0) is 10.2 Å². The quantitative estimate of drug-likeness (QED) is 0.480. The summed E-state index contributed by atoms with van der Waals surface area (Å²) < 4.78 is 14.6. The summed E-state index contributed by atoms with van der Waals surface area (Å²) in [4.78, 5) is 16.7. The summed E-state index contributed by atoms with van der Waals surface area (Å²) in [5.74, 6) is -0.536. The first-order valence-electron chi connectivity index (χ1n) is 12.6. The predicted molar refractivity (Wildman–Crippen MR) is 136 cm³/mol. The molecule has 1 atom stereocenters. The van der Waals surface area contributed by atoms with E-state index in [1.165, 1.54) is 6.07 Å². The number of hydrogen-bond donors (Lipinski definition) is 1. The van der Waals surface area contributed by atoms with E-state index in [0.717, 1.165) is 67.6 Å². The molecule has 4 heteroatoms. The summed E-state index contributed by atoms with van der Waals surface area (Å²) in [6.07, 6.45) is 4.88. The minimum atomic E-state index is -0.402. The van der Waals surface area contributed by atoms with Crippen LogP contribution in [0.15, 0.2) is 78.9 Å². The van der Waals surface area contributed by atoms with Crippen LogP contribution in [0.1, 0.15) is 61.6 Å². The van der Waals surface area contributed by atoms with Crippen LogP contribution in [0.5, 0.6) is 0 Å². The number of carbonyl (C=O) groups excluding carboxylic acids is 1. The van der Waals surface area contributed by atoms with Crippen LogP contribution in [0, 0.1) is 5.82 Å². The maximum Gasteiger partial charge on any atom is 0.239 e. The highest BCUT2D eigenvalue weighted by molar-refractivity contribution is 6.03. The number of fused-ring (bicyclic) bond motifs is 2. The minimum absolute atomic E-state index is 0.0359. The van der Waals surface area contributed by atoms with Gasteiger partial charge in [0.15, 0.2) is 0 Å². The number of halogens is 1. The summed E-state index contributed by atoms with van der Waals surface area (Å²) in [5, 5.41) is 3.48. The van der Waals surface area contributed by atoms with Crippen molar-refractivity contribution < 1.29 is 9.18 Å². The Morgan fingerprint density at radius 3 is 2.21 bits per heavy atom. The van der Waals surface area contributed by atoms with Crippen molar-refractivity contribution in [2.75, 3.05) is 18.0 Å². The van der Waals surface area contributed by atoms with E-state index in [4.69, 9.17) is 0 Å². The number of unbranched alkanes of at least 4 members (excludes halogenated alkanes) is 1. The maximum absolute atomic E-state index is 14.6. The van der Waals surface area contributed by atoms with Gasteiger partial charge in [-0.05, 0) is 67.2 Å². The van der Waals surface area contributed by atoms with E-state index >= 15 is 0 Å². The molecule has 176 valence electrons. The number of nitrogens with one attached hydrogen (secondary N) is 1. The van der Waals surface area contributed by atoms with E-state index in [0.29, 0.717) is 0 Å². The molecular formula is C30H33FN2O. The summed E-state index contributed by atoms with van der Waals surface area (Å²) in [6, 6.07) is 25.2. The fraction of sp³-hybridized carbons (Fsp3) is 0.367. The van der Waals surface area contributed by atoms with Gasteiger partial charge >= 0.3 is 0 Å². The Hall–Kier alpha value is -2.98. The average Bonchev–Trinajstić information content (AvgIpc) is 3.12. The third-order valence-corrected chi connectivity index (χ3v) is 7.78. The van der Waals surface area contributed by atoms with E-state index in [2.05, 4.69) is 17.1 Å². The van der Waals surface area contributed by atoms with Gasteiger partial charge in [0.25, 0.3) is 0 Å². The molecule has 0 radical (unpaired) electrons. The first-order valence-corrected chi connectivity index (χ1v) is 12.6. The molecule has 0 aliphatic carbocycles. The number of carbonyl (C=O) groups is 1. The molecule has 3 aromatic rings. The normalized spacial score (nSPS) is 18.9. The highest BCUT2D eigenvalue weighted by Crippen LogP contribution is 2.53. The molecule has 1 amide bonds. The third-order valence-electron chi connectivity index (χ3n) is 7.78. The molecular weight excluding hydrogens is 423 g/mol. The van der Waals surface area contributed by atoms with Crippen LogP contribution < -0.4 is 10.2 Å². The Kier molecular flexibility index (Phi) is 6.51. The summed E-state index contributed by atoms with van der Waals surface area (Å²) in [6.45, 7) is 3.97. The van der Waals surface area contributed by atoms with E-state index in [-0.39, 0.29) is 23.2 Å². The Balaban J connectivity index is 1.66. The number of amides is 1. The lowest BCUT2D eigenvalue weighted by Crippen LogP contribution is -2.52.